The highest BCUT2D eigenvalue weighted by Crippen LogP contribution is 2.09. The zero-order valence-corrected chi connectivity index (χ0v) is 8.66. The molecule has 0 saturated heterocycles. The highest BCUT2D eigenvalue weighted by Gasteiger charge is 2.46. The van der Waals surface area contributed by atoms with Crippen molar-refractivity contribution in [1.29, 1.82) is 0 Å². The van der Waals surface area contributed by atoms with Gasteiger partial charge in [0.05, 0.1) is 13.2 Å². The van der Waals surface area contributed by atoms with Gasteiger partial charge in [-0.05, 0) is 0 Å². The van der Waals surface area contributed by atoms with Crippen molar-refractivity contribution in [2.75, 3.05) is 19.8 Å². The van der Waals surface area contributed by atoms with Gasteiger partial charge in [-0.3, -0.25) is 14.4 Å². The van der Waals surface area contributed by atoms with Crippen molar-refractivity contribution in [2.45, 2.75) is 11.7 Å². The van der Waals surface area contributed by atoms with Gasteiger partial charge in [-0.2, -0.15) is 0 Å². The molecule has 0 saturated carbocycles. The molecule has 2 atom stereocenters. The second-order valence-electron chi connectivity index (χ2n) is 3.16. The minimum absolute atomic E-state index is 0.871. The average Bonchev–Trinajstić information content (AvgIpc) is 2.32. The topological polar surface area (TPSA) is 164 Å². The van der Waals surface area contributed by atoms with Crippen molar-refractivity contribution in [3.05, 3.63) is 0 Å². The van der Waals surface area contributed by atoms with Gasteiger partial charge >= 0.3 is 5.97 Å². The first-order chi connectivity index (χ1) is 7.79. The van der Waals surface area contributed by atoms with Crippen molar-refractivity contribution < 1.29 is 39.9 Å². The quantitative estimate of drug-likeness (QED) is 0.248. The third-order valence-corrected chi connectivity index (χ3v) is 1.89. The number of hydrogen-bond donors (Lipinski definition) is 6. The van der Waals surface area contributed by atoms with Crippen LogP contribution in [0.2, 0.25) is 0 Å². The van der Waals surface area contributed by atoms with Crippen LogP contribution in [0.4, 0.5) is 0 Å². The first kappa shape index (κ1) is 15.4. The molecular formula is C8H13NO8. The number of amides is 1. The van der Waals surface area contributed by atoms with Crippen LogP contribution in [0.25, 0.3) is 0 Å². The molecule has 0 aliphatic heterocycles. The Bertz CT molecular complexity index is 317. The molecule has 0 spiro atoms. The molecule has 0 radical (unpaired) electrons. The highest BCUT2D eigenvalue weighted by atomic mass is 16.4. The Morgan fingerprint density at radius 2 is 1.76 bits per heavy atom. The molecule has 0 heterocycles. The summed E-state index contributed by atoms with van der Waals surface area (Å²) in [5, 5.41) is 45.6. The fraction of sp³-hybridized carbons (Fsp3) is 0.625. The van der Waals surface area contributed by atoms with Crippen LogP contribution in [0, 0.1) is 0 Å². The minimum Gasteiger partial charge on any atom is -0.480 e. The lowest BCUT2D eigenvalue weighted by molar-refractivity contribution is -0.163. The smallest absolute Gasteiger partial charge is 0.322 e. The average molecular weight is 251 g/mol. The number of carboxylic acids is 1. The van der Waals surface area contributed by atoms with E-state index in [-0.39, 0.29) is 0 Å². The Hall–Kier alpha value is -1.55. The lowest BCUT2D eigenvalue weighted by Gasteiger charge is -2.24. The van der Waals surface area contributed by atoms with Gasteiger partial charge < -0.3 is 30.8 Å². The molecule has 9 nitrogen and oxygen atoms in total. The Morgan fingerprint density at radius 1 is 1.24 bits per heavy atom. The summed E-state index contributed by atoms with van der Waals surface area (Å²) >= 11 is 0. The van der Waals surface area contributed by atoms with Crippen LogP contribution in [-0.2, 0) is 14.4 Å². The first-order valence-corrected chi connectivity index (χ1v) is 4.46. The molecular weight excluding hydrogens is 238 g/mol. The molecule has 98 valence electrons. The van der Waals surface area contributed by atoms with Crippen molar-refractivity contribution in [1.82, 2.24) is 5.32 Å². The number of nitrogens with one attached hydrogen (secondary N) is 1. The number of aliphatic hydroxyl groups excluding tert-OH is 3. The summed E-state index contributed by atoms with van der Waals surface area (Å²) in [7, 11) is 0. The predicted octanol–water partition coefficient (Wildman–Crippen LogP) is -4.17. The third kappa shape index (κ3) is 3.75. The summed E-state index contributed by atoms with van der Waals surface area (Å²) in [5.74, 6) is -4.42. The van der Waals surface area contributed by atoms with Gasteiger partial charge in [0.25, 0.3) is 5.91 Å². The number of aliphatic hydroxyl groups is 4. The van der Waals surface area contributed by atoms with Gasteiger partial charge in [-0.1, -0.05) is 0 Å². The zero-order valence-electron chi connectivity index (χ0n) is 8.66. The summed E-state index contributed by atoms with van der Waals surface area (Å²) in [6.45, 7) is -3.27. The van der Waals surface area contributed by atoms with E-state index in [1.54, 1.807) is 5.32 Å². The fourth-order valence-corrected chi connectivity index (χ4v) is 0.922. The molecule has 6 N–H and O–H groups in total. The van der Waals surface area contributed by atoms with Crippen molar-refractivity contribution >= 4 is 17.7 Å². The Labute approximate surface area is 95.3 Å². The first-order valence-electron chi connectivity index (χ1n) is 4.46. The van der Waals surface area contributed by atoms with Crippen LogP contribution < -0.4 is 5.32 Å². The second kappa shape index (κ2) is 6.25. The third-order valence-electron chi connectivity index (χ3n) is 1.89. The number of ketones is 1. The normalized spacial score (nSPS) is 15.8. The van der Waals surface area contributed by atoms with Gasteiger partial charge in [0.1, 0.15) is 12.6 Å². The largest absolute Gasteiger partial charge is 0.480 e. The number of Topliss-reactive ketones (excluding diaryl/α,β-unsaturated/α-hetero) is 1. The molecule has 0 aliphatic carbocycles. The van der Waals surface area contributed by atoms with E-state index in [0.717, 1.165) is 0 Å². The van der Waals surface area contributed by atoms with Crippen LogP contribution in [0.3, 0.4) is 0 Å². The van der Waals surface area contributed by atoms with E-state index in [1.165, 1.54) is 0 Å². The standard InChI is InChI=1S/C8H13NO8/c10-2-4(12)6(15)8(17,3-11)7(16)9-1-5(13)14/h4,10-12,17H,1-3H2,(H,9,16)(H,13,14). The molecule has 0 aromatic carbocycles. The van der Waals surface area contributed by atoms with E-state index in [1.807, 2.05) is 0 Å². The fourth-order valence-electron chi connectivity index (χ4n) is 0.922. The molecule has 1 amide bonds. The summed E-state index contributed by atoms with van der Waals surface area (Å²) in [6.07, 6.45) is -2.05. The van der Waals surface area contributed by atoms with Gasteiger partial charge in [0, 0.05) is 0 Å². The molecule has 0 rings (SSSR count). The number of carbonyl (C=O) groups excluding carboxylic acids is 2. The maximum Gasteiger partial charge on any atom is 0.322 e. The summed E-state index contributed by atoms with van der Waals surface area (Å²) in [4.78, 5) is 32.7. The maximum atomic E-state index is 11.3. The molecule has 0 aromatic rings. The van der Waals surface area contributed by atoms with Gasteiger partial charge in [0.15, 0.2) is 0 Å². The molecule has 0 fully saturated rings. The van der Waals surface area contributed by atoms with Gasteiger partial charge in [0.2, 0.25) is 11.4 Å². The van der Waals surface area contributed by atoms with E-state index in [0.29, 0.717) is 0 Å². The summed E-state index contributed by atoms with van der Waals surface area (Å²) in [6, 6.07) is 0. The lowest BCUT2D eigenvalue weighted by Crippen LogP contribution is -2.59. The molecule has 0 bridgehead atoms. The summed E-state index contributed by atoms with van der Waals surface area (Å²) in [5.41, 5.74) is -2.99. The van der Waals surface area contributed by atoms with Crippen LogP contribution in [0.1, 0.15) is 0 Å². The van der Waals surface area contributed by atoms with Gasteiger partial charge in [-0.25, -0.2) is 0 Å². The number of aliphatic carboxylic acids is 1. The monoisotopic (exact) mass is 251 g/mol. The molecule has 9 heteroatoms. The number of rotatable bonds is 7. The minimum atomic E-state index is -2.99. The van der Waals surface area contributed by atoms with Crippen LogP contribution in [0.15, 0.2) is 0 Å². The van der Waals surface area contributed by atoms with Crippen LogP contribution in [-0.4, -0.2) is 74.7 Å². The van der Waals surface area contributed by atoms with E-state index in [2.05, 4.69) is 0 Å². The van der Waals surface area contributed by atoms with E-state index < -0.39 is 49.1 Å². The Kier molecular flexibility index (Phi) is 5.68. The second-order valence-corrected chi connectivity index (χ2v) is 3.16. The Morgan fingerprint density at radius 3 is 2.12 bits per heavy atom. The number of carboxylic acid groups (broad SMARTS) is 1. The van der Waals surface area contributed by atoms with Gasteiger partial charge in [-0.15, -0.1) is 0 Å². The zero-order chi connectivity index (χ0) is 13.6. The van der Waals surface area contributed by atoms with Crippen molar-refractivity contribution in [3.63, 3.8) is 0 Å². The van der Waals surface area contributed by atoms with E-state index in [4.69, 9.17) is 20.4 Å². The van der Waals surface area contributed by atoms with Crippen LogP contribution >= 0.6 is 0 Å². The number of hydrogen-bond acceptors (Lipinski definition) is 7. The highest BCUT2D eigenvalue weighted by molar-refractivity contribution is 6.11. The van der Waals surface area contributed by atoms with E-state index >= 15 is 0 Å². The number of carbonyl (C=O) groups is 3. The molecule has 2 unspecified atom stereocenters. The molecule has 0 aliphatic rings. The predicted molar refractivity (Wildman–Crippen MR) is 50.8 cm³/mol. The lowest BCUT2D eigenvalue weighted by atomic mass is 9.94. The Balaban J connectivity index is 4.82. The molecule has 17 heavy (non-hydrogen) atoms. The van der Waals surface area contributed by atoms with Crippen molar-refractivity contribution in [2.24, 2.45) is 0 Å². The maximum absolute atomic E-state index is 11.3. The molecule has 0 aromatic heterocycles. The summed E-state index contributed by atoms with van der Waals surface area (Å²) < 4.78 is 0. The van der Waals surface area contributed by atoms with Crippen molar-refractivity contribution in [3.8, 4) is 0 Å². The van der Waals surface area contributed by atoms with Crippen LogP contribution in [0.5, 0.6) is 0 Å². The van der Waals surface area contributed by atoms with E-state index in [9.17, 15) is 19.5 Å². The SMILES string of the molecule is O=C(O)CNC(=O)C(O)(CO)C(=O)C(O)CO.